The Morgan fingerprint density at radius 1 is 1.18 bits per heavy atom. The summed E-state index contributed by atoms with van der Waals surface area (Å²) in [5, 5.41) is 2.60. The first-order chi connectivity index (χ1) is 10.1. The molecule has 0 spiro atoms. The standard InChI is InChI=1S/C15H24BN3O3/c1-14(2)15(3,4)22-16(21-14)10-8-11(13(20)17-5)18-12(9-10)19(6)7/h8-9H,1-7H3,(H,17,20). The molecule has 1 amide bonds. The zero-order valence-electron chi connectivity index (χ0n) is 14.4. The summed E-state index contributed by atoms with van der Waals surface area (Å²) in [5.74, 6) is 0.451. The number of hydrogen-bond donors (Lipinski definition) is 1. The van der Waals surface area contributed by atoms with Gasteiger partial charge in [0, 0.05) is 21.1 Å². The number of anilines is 1. The third kappa shape index (κ3) is 2.96. The first kappa shape index (κ1) is 16.8. The lowest BCUT2D eigenvalue weighted by atomic mass is 9.79. The van der Waals surface area contributed by atoms with E-state index < -0.39 is 18.3 Å². The zero-order chi connectivity index (χ0) is 16.7. The molecule has 1 fully saturated rings. The van der Waals surface area contributed by atoms with Crippen LogP contribution >= 0.6 is 0 Å². The first-order valence-corrected chi connectivity index (χ1v) is 7.34. The maximum absolute atomic E-state index is 11.9. The van der Waals surface area contributed by atoms with Gasteiger partial charge in [0.15, 0.2) is 0 Å². The second-order valence-electron chi connectivity index (χ2n) is 6.71. The molecule has 1 aliphatic rings. The smallest absolute Gasteiger partial charge is 0.399 e. The van der Waals surface area contributed by atoms with Crippen molar-refractivity contribution >= 4 is 24.3 Å². The first-order valence-electron chi connectivity index (χ1n) is 7.34. The molecule has 1 N–H and O–H groups in total. The second kappa shape index (κ2) is 5.55. The highest BCUT2D eigenvalue weighted by Crippen LogP contribution is 2.36. The van der Waals surface area contributed by atoms with E-state index in [-0.39, 0.29) is 5.91 Å². The predicted molar refractivity (Wildman–Crippen MR) is 87.7 cm³/mol. The topological polar surface area (TPSA) is 63.7 Å². The number of hydrogen-bond acceptors (Lipinski definition) is 5. The molecule has 1 aromatic rings. The summed E-state index contributed by atoms with van der Waals surface area (Å²) in [7, 11) is 4.82. The molecule has 0 aromatic carbocycles. The van der Waals surface area contributed by atoms with Gasteiger partial charge in [-0.3, -0.25) is 4.79 Å². The van der Waals surface area contributed by atoms with E-state index in [1.54, 1.807) is 13.1 Å². The normalized spacial score (nSPS) is 19.1. The summed E-state index contributed by atoms with van der Waals surface area (Å²) in [6.45, 7) is 8.00. The van der Waals surface area contributed by atoms with Gasteiger partial charge in [0.05, 0.1) is 11.2 Å². The number of rotatable bonds is 3. The van der Waals surface area contributed by atoms with E-state index >= 15 is 0 Å². The largest absolute Gasteiger partial charge is 0.495 e. The van der Waals surface area contributed by atoms with E-state index in [2.05, 4.69) is 10.3 Å². The van der Waals surface area contributed by atoms with Crippen LogP contribution in [0.25, 0.3) is 0 Å². The molecule has 6 nitrogen and oxygen atoms in total. The molecule has 0 bridgehead atoms. The van der Waals surface area contributed by atoms with Gasteiger partial charge >= 0.3 is 7.12 Å². The van der Waals surface area contributed by atoms with Gasteiger partial charge in [0.2, 0.25) is 0 Å². The van der Waals surface area contributed by atoms with Crippen molar-refractivity contribution in [3.63, 3.8) is 0 Å². The van der Waals surface area contributed by atoms with Crippen LogP contribution in [-0.2, 0) is 9.31 Å². The fourth-order valence-electron chi connectivity index (χ4n) is 2.13. The lowest BCUT2D eigenvalue weighted by Gasteiger charge is -2.32. The summed E-state index contributed by atoms with van der Waals surface area (Å²) in [6, 6.07) is 3.60. The molecule has 22 heavy (non-hydrogen) atoms. The van der Waals surface area contributed by atoms with Crippen molar-refractivity contribution in [2.75, 3.05) is 26.0 Å². The highest BCUT2D eigenvalue weighted by atomic mass is 16.7. The van der Waals surface area contributed by atoms with Crippen molar-refractivity contribution in [3.8, 4) is 0 Å². The molecule has 7 heteroatoms. The van der Waals surface area contributed by atoms with Crippen molar-refractivity contribution in [2.24, 2.45) is 0 Å². The van der Waals surface area contributed by atoms with Gasteiger partial charge in [0.25, 0.3) is 5.91 Å². The van der Waals surface area contributed by atoms with Gasteiger partial charge < -0.3 is 19.5 Å². The zero-order valence-corrected chi connectivity index (χ0v) is 14.4. The summed E-state index contributed by atoms with van der Waals surface area (Å²) in [5.41, 5.74) is 0.285. The van der Waals surface area contributed by atoms with E-state index in [4.69, 9.17) is 9.31 Å². The summed E-state index contributed by atoms with van der Waals surface area (Å²) >= 11 is 0. The van der Waals surface area contributed by atoms with Gasteiger partial charge in [-0.25, -0.2) is 4.98 Å². The monoisotopic (exact) mass is 305 g/mol. The van der Waals surface area contributed by atoms with Crippen molar-refractivity contribution in [1.82, 2.24) is 10.3 Å². The molecule has 0 aliphatic carbocycles. The van der Waals surface area contributed by atoms with Gasteiger partial charge in [-0.1, -0.05) is 0 Å². The minimum Gasteiger partial charge on any atom is -0.399 e. The minimum atomic E-state index is -0.518. The molecule has 0 unspecified atom stereocenters. The molecular weight excluding hydrogens is 281 g/mol. The van der Waals surface area contributed by atoms with Crippen LogP contribution in [0.15, 0.2) is 12.1 Å². The quantitative estimate of drug-likeness (QED) is 0.837. The molecule has 2 rings (SSSR count). The fraction of sp³-hybridized carbons (Fsp3) is 0.600. The van der Waals surface area contributed by atoms with Crippen LogP contribution in [0.4, 0.5) is 5.82 Å². The van der Waals surface area contributed by atoms with Gasteiger partial charge in [0.1, 0.15) is 11.5 Å². The molecule has 1 aliphatic heterocycles. The second-order valence-corrected chi connectivity index (χ2v) is 6.71. The van der Waals surface area contributed by atoms with E-state index in [0.29, 0.717) is 11.5 Å². The van der Waals surface area contributed by atoms with Crippen molar-refractivity contribution < 1.29 is 14.1 Å². The van der Waals surface area contributed by atoms with Gasteiger partial charge in [-0.05, 0) is 45.3 Å². The maximum Gasteiger partial charge on any atom is 0.495 e. The van der Waals surface area contributed by atoms with E-state index in [1.807, 2.05) is 52.8 Å². The van der Waals surface area contributed by atoms with E-state index in [9.17, 15) is 4.79 Å². The highest BCUT2D eigenvalue weighted by molar-refractivity contribution is 6.62. The third-order valence-electron chi connectivity index (χ3n) is 4.28. The molecule has 1 saturated heterocycles. The van der Waals surface area contributed by atoms with Crippen LogP contribution in [0, 0.1) is 0 Å². The number of carbonyl (C=O) groups is 1. The Morgan fingerprint density at radius 3 is 2.18 bits per heavy atom. The summed E-state index contributed by atoms with van der Waals surface area (Å²) in [4.78, 5) is 18.1. The van der Waals surface area contributed by atoms with Crippen LogP contribution in [0.1, 0.15) is 38.2 Å². The average molecular weight is 305 g/mol. The Bertz CT molecular complexity index is 571. The van der Waals surface area contributed by atoms with E-state index in [0.717, 1.165) is 5.46 Å². The number of amides is 1. The Kier molecular flexibility index (Phi) is 4.23. The Labute approximate surface area is 132 Å². The number of pyridine rings is 1. The number of carbonyl (C=O) groups excluding carboxylic acids is 1. The molecule has 0 radical (unpaired) electrons. The van der Waals surface area contributed by atoms with Crippen LogP contribution in [-0.4, -0.2) is 50.4 Å². The average Bonchev–Trinajstić information content (AvgIpc) is 2.66. The molecule has 0 atom stereocenters. The lowest BCUT2D eigenvalue weighted by molar-refractivity contribution is 0.00578. The number of aromatic nitrogens is 1. The van der Waals surface area contributed by atoms with Gasteiger partial charge in [-0.15, -0.1) is 0 Å². The molecule has 2 heterocycles. The summed E-state index contributed by atoms with van der Waals surface area (Å²) in [6.07, 6.45) is 0. The fourth-order valence-corrected chi connectivity index (χ4v) is 2.13. The van der Waals surface area contributed by atoms with Gasteiger partial charge in [-0.2, -0.15) is 0 Å². The van der Waals surface area contributed by atoms with Crippen molar-refractivity contribution in [1.29, 1.82) is 0 Å². The Balaban J connectivity index is 2.43. The van der Waals surface area contributed by atoms with Crippen LogP contribution in [0.2, 0.25) is 0 Å². The number of nitrogens with zero attached hydrogens (tertiary/aromatic N) is 2. The van der Waals surface area contributed by atoms with Crippen molar-refractivity contribution in [2.45, 2.75) is 38.9 Å². The minimum absolute atomic E-state index is 0.235. The Morgan fingerprint density at radius 2 is 1.73 bits per heavy atom. The summed E-state index contributed by atoms with van der Waals surface area (Å²) < 4.78 is 12.1. The van der Waals surface area contributed by atoms with Crippen LogP contribution in [0.5, 0.6) is 0 Å². The van der Waals surface area contributed by atoms with Crippen LogP contribution in [0.3, 0.4) is 0 Å². The van der Waals surface area contributed by atoms with Crippen LogP contribution < -0.4 is 15.7 Å². The van der Waals surface area contributed by atoms with E-state index in [1.165, 1.54) is 0 Å². The number of nitrogens with one attached hydrogen (secondary N) is 1. The SMILES string of the molecule is CNC(=O)c1cc(B2OC(C)(C)C(C)(C)O2)cc(N(C)C)n1. The maximum atomic E-state index is 11.9. The Hall–Kier alpha value is -1.60. The molecular formula is C15H24BN3O3. The molecule has 0 saturated carbocycles. The predicted octanol–water partition coefficient (Wildman–Crippen LogP) is 0.806. The third-order valence-corrected chi connectivity index (χ3v) is 4.28. The molecule has 1 aromatic heterocycles. The molecule has 120 valence electrons. The van der Waals surface area contributed by atoms with Crippen molar-refractivity contribution in [3.05, 3.63) is 17.8 Å². The highest BCUT2D eigenvalue weighted by Gasteiger charge is 2.51. The lowest BCUT2D eigenvalue weighted by Crippen LogP contribution is -2.41.